The molecule has 1 aromatic rings. The number of nitrogens with zero attached hydrogens (tertiary/aromatic N) is 2. The van der Waals surface area contributed by atoms with Crippen LogP contribution in [0.3, 0.4) is 0 Å². The van der Waals surface area contributed by atoms with Gasteiger partial charge in [0.1, 0.15) is 10.9 Å². The summed E-state index contributed by atoms with van der Waals surface area (Å²) >= 11 is 3.24. The van der Waals surface area contributed by atoms with Gasteiger partial charge in [0.2, 0.25) is 0 Å². The topological polar surface area (TPSA) is 51.8 Å². The third kappa shape index (κ3) is 2.04. The summed E-state index contributed by atoms with van der Waals surface area (Å²) < 4.78 is 0.811. The van der Waals surface area contributed by atoms with Crippen LogP contribution in [0.15, 0.2) is 17.0 Å². The van der Waals surface area contributed by atoms with Gasteiger partial charge in [0.25, 0.3) is 0 Å². The first-order valence-electron chi connectivity index (χ1n) is 2.99. The Hall–Kier alpha value is -0.480. The van der Waals surface area contributed by atoms with Crippen LogP contribution >= 0.6 is 15.9 Å². The summed E-state index contributed by atoms with van der Waals surface area (Å²) in [5.74, 6) is 0. The van der Waals surface area contributed by atoms with Gasteiger partial charge in [0, 0.05) is 12.1 Å². The molecule has 0 saturated heterocycles. The number of rotatable bonds is 2. The molecule has 0 aliphatic carbocycles. The van der Waals surface area contributed by atoms with Gasteiger partial charge in [-0.15, -0.1) is 0 Å². The van der Waals surface area contributed by atoms with Crippen LogP contribution < -0.4 is 5.73 Å². The maximum atomic E-state index is 5.33. The lowest BCUT2D eigenvalue weighted by atomic mass is 10.3. The van der Waals surface area contributed by atoms with Crippen LogP contribution in [0.1, 0.15) is 5.69 Å². The van der Waals surface area contributed by atoms with Crippen LogP contribution in [0.25, 0.3) is 0 Å². The fourth-order valence-corrected chi connectivity index (χ4v) is 1.01. The minimum Gasteiger partial charge on any atom is -0.330 e. The summed E-state index contributed by atoms with van der Waals surface area (Å²) in [5, 5.41) is 0. The standard InChI is InChI=1S/C6H8BrN3/c7-6-3-5(1-2-8)9-4-10-6/h3-4H,1-2,8H2. The molecule has 0 radical (unpaired) electrons. The Balaban J connectivity index is 2.75. The van der Waals surface area contributed by atoms with E-state index in [0.717, 1.165) is 16.7 Å². The summed E-state index contributed by atoms with van der Waals surface area (Å²) in [7, 11) is 0. The fraction of sp³-hybridized carbons (Fsp3) is 0.333. The lowest BCUT2D eigenvalue weighted by molar-refractivity contribution is 0.904. The van der Waals surface area contributed by atoms with E-state index < -0.39 is 0 Å². The Labute approximate surface area is 67.8 Å². The van der Waals surface area contributed by atoms with E-state index in [4.69, 9.17) is 5.73 Å². The van der Waals surface area contributed by atoms with Gasteiger partial charge in [0.05, 0.1) is 0 Å². The Morgan fingerprint density at radius 2 is 2.30 bits per heavy atom. The third-order valence-electron chi connectivity index (χ3n) is 1.09. The highest BCUT2D eigenvalue weighted by molar-refractivity contribution is 9.10. The third-order valence-corrected chi connectivity index (χ3v) is 1.52. The van der Waals surface area contributed by atoms with Crippen LogP contribution in [0.4, 0.5) is 0 Å². The first-order chi connectivity index (χ1) is 4.83. The minimum absolute atomic E-state index is 0.628. The normalized spacial score (nSPS) is 9.80. The fourth-order valence-electron chi connectivity index (χ4n) is 0.655. The van der Waals surface area contributed by atoms with E-state index in [1.54, 1.807) is 0 Å². The van der Waals surface area contributed by atoms with Crippen molar-refractivity contribution in [2.75, 3.05) is 6.54 Å². The average molecular weight is 202 g/mol. The molecule has 0 amide bonds. The molecule has 4 heteroatoms. The van der Waals surface area contributed by atoms with E-state index in [1.165, 1.54) is 6.33 Å². The highest BCUT2D eigenvalue weighted by atomic mass is 79.9. The quantitative estimate of drug-likeness (QED) is 0.719. The van der Waals surface area contributed by atoms with Crippen molar-refractivity contribution in [2.45, 2.75) is 6.42 Å². The zero-order valence-electron chi connectivity index (χ0n) is 5.42. The number of hydrogen-bond acceptors (Lipinski definition) is 3. The number of nitrogens with two attached hydrogens (primary N) is 1. The maximum absolute atomic E-state index is 5.33. The molecule has 0 saturated carbocycles. The predicted octanol–water partition coefficient (Wildman–Crippen LogP) is 0.740. The SMILES string of the molecule is NCCc1cc(Br)ncn1. The molecule has 0 bridgehead atoms. The van der Waals surface area contributed by atoms with Crippen molar-refractivity contribution in [1.29, 1.82) is 0 Å². The molecule has 0 fully saturated rings. The van der Waals surface area contributed by atoms with E-state index in [9.17, 15) is 0 Å². The first-order valence-corrected chi connectivity index (χ1v) is 3.78. The predicted molar refractivity (Wildman–Crippen MR) is 42.5 cm³/mol. The van der Waals surface area contributed by atoms with Gasteiger partial charge in [-0.2, -0.15) is 0 Å². The van der Waals surface area contributed by atoms with Crippen molar-refractivity contribution < 1.29 is 0 Å². The highest BCUT2D eigenvalue weighted by Gasteiger charge is 1.92. The van der Waals surface area contributed by atoms with Crippen molar-refractivity contribution in [3.05, 3.63) is 22.7 Å². The monoisotopic (exact) mass is 201 g/mol. The Bertz CT molecular complexity index is 214. The zero-order valence-corrected chi connectivity index (χ0v) is 7.00. The molecule has 3 nitrogen and oxygen atoms in total. The van der Waals surface area contributed by atoms with Crippen LogP contribution in [0, 0.1) is 0 Å². The second kappa shape index (κ2) is 3.63. The molecule has 0 spiro atoms. The molecule has 1 heterocycles. The van der Waals surface area contributed by atoms with Crippen molar-refractivity contribution in [1.82, 2.24) is 9.97 Å². The van der Waals surface area contributed by atoms with E-state index in [-0.39, 0.29) is 0 Å². The second-order valence-corrected chi connectivity index (χ2v) is 2.68. The van der Waals surface area contributed by atoms with Gasteiger partial charge in [0.15, 0.2) is 0 Å². The van der Waals surface area contributed by atoms with Gasteiger partial charge in [-0.05, 0) is 28.5 Å². The summed E-state index contributed by atoms with van der Waals surface area (Å²) in [5.41, 5.74) is 6.31. The molecular weight excluding hydrogens is 194 g/mol. The molecule has 0 aliphatic rings. The molecule has 0 atom stereocenters. The van der Waals surface area contributed by atoms with Crippen LogP contribution in [-0.2, 0) is 6.42 Å². The zero-order chi connectivity index (χ0) is 7.40. The molecule has 2 N–H and O–H groups in total. The van der Waals surface area contributed by atoms with Gasteiger partial charge in [-0.3, -0.25) is 0 Å². The van der Waals surface area contributed by atoms with Gasteiger partial charge in [-0.1, -0.05) is 0 Å². The summed E-state index contributed by atoms with van der Waals surface area (Å²) in [4.78, 5) is 7.90. The first kappa shape index (κ1) is 7.63. The Morgan fingerprint density at radius 1 is 1.50 bits per heavy atom. The van der Waals surface area contributed by atoms with E-state index in [0.29, 0.717) is 6.54 Å². The largest absolute Gasteiger partial charge is 0.330 e. The molecule has 1 aromatic heterocycles. The molecular formula is C6H8BrN3. The Morgan fingerprint density at radius 3 is 2.90 bits per heavy atom. The molecule has 1 rings (SSSR count). The van der Waals surface area contributed by atoms with Crippen molar-refractivity contribution >= 4 is 15.9 Å². The number of hydrogen-bond donors (Lipinski definition) is 1. The molecule has 10 heavy (non-hydrogen) atoms. The van der Waals surface area contributed by atoms with Crippen molar-refractivity contribution in [2.24, 2.45) is 5.73 Å². The number of halogens is 1. The van der Waals surface area contributed by atoms with Gasteiger partial charge >= 0.3 is 0 Å². The Kier molecular flexibility index (Phi) is 2.77. The minimum atomic E-state index is 0.628. The van der Waals surface area contributed by atoms with Crippen LogP contribution in [0.5, 0.6) is 0 Å². The van der Waals surface area contributed by atoms with E-state index in [1.807, 2.05) is 6.07 Å². The number of aromatic nitrogens is 2. The van der Waals surface area contributed by atoms with E-state index >= 15 is 0 Å². The molecule has 0 unspecified atom stereocenters. The highest BCUT2D eigenvalue weighted by Crippen LogP contribution is 2.04. The molecule has 54 valence electrons. The van der Waals surface area contributed by atoms with Crippen LogP contribution in [0.2, 0.25) is 0 Å². The smallest absolute Gasteiger partial charge is 0.116 e. The van der Waals surface area contributed by atoms with Crippen LogP contribution in [-0.4, -0.2) is 16.5 Å². The van der Waals surface area contributed by atoms with Gasteiger partial charge in [-0.25, -0.2) is 9.97 Å². The van der Waals surface area contributed by atoms with Crippen molar-refractivity contribution in [3.63, 3.8) is 0 Å². The summed E-state index contributed by atoms with van der Waals surface area (Å²) in [6.45, 7) is 0.628. The molecule has 0 aromatic carbocycles. The molecule has 0 aliphatic heterocycles. The van der Waals surface area contributed by atoms with Crippen molar-refractivity contribution in [3.8, 4) is 0 Å². The lowest BCUT2D eigenvalue weighted by Gasteiger charge is -1.95. The summed E-state index contributed by atoms with van der Waals surface area (Å²) in [6.07, 6.45) is 2.33. The second-order valence-electron chi connectivity index (χ2n) is 1.87. The summed E-state index contributed by atoms with van der Waals surface area (Å²) in [6, 6.07) is 1.87. The lowest BCUT2D eigenvalue weighted by Crippen LogP contribution is -2.04. The average Bonchev–Trinajstić information content (AvgIpc) is 1.88. The van der Waals surface area contributed by atoms with E-state index in [2.05, 4.69) is 25.9 Å². The van der Waals surface area contributed by atoms with Gasteiger partial charge < -0.3 is 5.73 Å². The maximum Gasteiger partial charge on any atom is 0.116 e.